The summed E-state index contributed by atoms with van der Waals surface area (Å²) < 4.78 is 0. The highest BCUT2D eigenvalue weighted by atomic mass is 35.5. The summed E-state index contributed by atoms with van der Waals surface area (Å²) in [5.41, 5.74) is 5.47. The fourth-order valence-corrected chi connectivity index (χ4v) is 2.40. The number of nitrogens with one attached hydrogen (secondary N) is 1. The number of aromatic carboxylic acids is 1. The number of hydrogen-bond acceptors (Lipinski definition) is 3. The summed E-state index contributed by atoms with van der Waals surface area (Å²) in [5.74, 6) is -1.91. The van der Waals surface area contributed by atoms with Crippen molar-refractivity contribution in [1.29, 1.82) is 0 Å². The van der Waals surface area contributed by atoms with E-state index in [9.17, 15) is 14.4 Å². The van der Waals surface area contributed by atoms with Crippen molar-refractivity contribution in [2.75, 3.05) is 18.4 Å². The molecule has 1 unspecified atom stereocenters. The third-order valence-electron chi connectivity index (χ3n) is 3.27. The molecule has 21 heavy (non-hydrogen) atoms. The molecule has 1 aromatic carbocycles. The lowest BCUT2D eigenvalue weighted by atomic mass is 10.1. The third kappa shape index (κ3) is 3.63. The van der Waals surface area contributed by atoms with Gasteiger partial charge >= 0.3 is 12.0 Å². The van der Waals surface area contributed by atoms with Gasteiger partial charge in [-0.25, -0.2) is 9.59 Å². The Hall–Kier alpha value is -2.28. The maximum Gasteiger partial charge on any atom is 0.335 e. The molecule has 1 aromatic rings. The number of halogens is 1. The molecule has 1 aliphatic heterocycles. The lowest BCUT2D eigenvalue weighted by molar-refractivity contribution is -0.121. The minimum atomic E-state index is -1.14. The summed E-state index contributed by atoms with van der Waals surface area (Å²) in [5, 5.41) is 11.7. The number of carbonyl (C=O) groups is 3. The van der Waals surface area contributed by atoms with Crippen LogP contribution >= 0.6 is 11.6 Å². The number of rotatable bonds is 3. The first-order chi connectivity index (χ1) is 9.86. The van der Waals surface area contributed by atoms with Crippen molar-refractivity contribution >= 4 is 35.2 Å². The molecule has 0 spiro atoms. The molecule has 8 heteroatoms. The molecule has 0 radical (unpaired) electrons. The Labute approximate surface area is 125 Å². The van der Waals surface area contributed by atoms with E-state index in [1.165, 1.54) is 23.1 Å². The maximum absolute atomic E-state index is 12.0. The predicted molar refractivity (Wildman–Crippen MR) is 76.3 cm³/mol. The second kappa shape index (κ2) is 6.01. The third-order valence-corrected chi connectivity index (χ3v) is 3.49. The number of carboxylic acids is 1. The Morgan fingerprint density at radius 1 is 1.33 bits per heavy atom. The Balaban J connectivity index is 2.07. The highest BCUT2D eigenvalue weighted by Gasteiger charge is 2.29. The quantitative estimate of drug-likeness (QED) is 0.782. The van der Waals surface area contributed by atoms with Crippen molar-refractivity contribution in [3.8, 4) is 0 Å². The lowest BCUT2D eigenvalue weighted by Crippen LogP contribution is -2.34. The number of likely N-dealkylation sites (tertiary alicyclic amines) is 1. The smallest absolute Gasteiger partial charge is 0.335 e. The first kappa shape index (κ1) is 15.1. The topological polar surface area (TPSA) is 113 Å². The van der Waals surface area contributed by atoms with Gasteiger partial charge in [-0.2, -0.15) is 0 Å². The van der Waals surface area contributed by atoms with Crippen LogP contribution in [0.2, 0.25) is 5.02 Å². The fraction of sp³-hybridized carbons (Fsp3) is 0.308. The fourth-order valence-electron chi connectivity index (χ4n) is 2.16. The molecule has 4 N–H and O–H groups in total. The van der Waals surface area contributed by atoms with Gasteiger partial charge < -0.3 is 21.1 Å². The summed E-state index contributed by atoms with van der Waals surface area (Å²) in [6.45, 7) is 0.680. The van der Waals surface area contributed by atoms with Gasteiger partial charge in [-0.1, -0.05) is 11.6 Å². The maximum atomic E-state index is 12.0. The molecule has 1 atom stereocenters. The van der Waals surface area contributed by atoms with Crippen molar-refractivity contribution in [1.82, 2.24) is 4.90 Å². The van der Waals surface area contributed by atoms with Crippen molar-refractivity contribution < 1.29 is 19.5 Å². The standard InChI is InChI=1S/C13H14ClN3O4/c14-9-3-8(12(19)20)4-10(5-9)16-13(21)17-2-1-7(6-17)11(15)18/h3-5,7H,1-2,6H2,(H2,15,18)(H,16,21)(H,19,20). The minimum absolute atomic E-state index is 0.0192. The molecular weight excluding hydrogens is 298 g/mol. The molecule has 1 saturated heterocycles. The molecule has 1 fully saturated rings. The van der Waals surface area contributed by atoms with Gasteiger partial charge in [0.2, 0.25) is 5.91 Å². The Morgan fingerprint density at radius 3 is 2.62 bits per heavy atom. The molecule has 0 bridgehead atoms. The van der Waals surface area contributed by atoms with Crippen molar-refractivity contribution in [3.05, 3.63) is 28.8 Å². The first-order valence-electron chi connectivity index (χ1n) is 6.26. The van der Waals surface area contributed by atoms with Gasteiger partial charge in [-0.15, -0.1) is 0 Å². The van der Waals surface area contributed by atoms with Crippen LogP contribution in [0.5, 0.6) is 0 Å². The lowest BCUT2D eigenvalue weighted by Gasteiger charge is -2.17. The number of carbonyl (C=O) groups excluding carboxylic acids is 2. The second-order valence-electron chi connectivity index (χ2n) is 4.80. The molecule has 3 amide bonds. The van der Waals surface area contributed by atoms with Crippen LogP contribution in [0.1, 0.15) is 16.8 Å². The average molecular weight is 312 g/mol. The number of carboxylic acid groups (broad SMARTS) is 1. The van der Waals surface area contributed by atoms with E-state index >= 15 is 0 Å². The minimum Gasteiger partial charge on any atom is -0.478 e. The van der Waals surface area contributed by atoms with Crippen molar-refractivity contribution in [2.24, 2.45) is 11.7 Å². The van der Waals surface area contributed by atoms with Crippen LogP contribution in [0.3, 0.4) is 0 Å². The molecular formula is C13H14ClN3O4. The molecule has 112 valence electrons. The number of amides is 3. The molecule has 0 aliphatic carbocycles. The summed E-state index contributed by atoms with van der Waals surface area (Å²) in [7, 11) is 0. The van der Waals surface area contributed by atoms with Gasteiger partial charge in [-0.3, -0.25) is 4.79 Å². The van der Waals surface area contributed by atoms with Gasteiger partial charge in [0.25, 0.3) is 0 Å². The summed E-state index contributed by atoms with van der Waals surface area (Å²) in [6, 6.07) is 3.64. The average Bonchev–Trinajstić information content (AvgIpc) is 2.87. The molecule has 1 heterocycles. The van der Waals surface area contributed by atoms with E-state index < -0.39 is 17.9 Å². The van der Waals surface area contributed by atoms with Crippen LogP contribution in [0.15, 0.2) is 18.2 Å². The molecule has 7 nitrogen and oxygen atoms in total. The number of urea groups is 1. The number of nitrogens with two attached hydrogens (primary N) is 1. The van der Waals surface area contributed by atoms with Crippen LogP contribution in [0, 0.1) is 5.92 Å². The van der Waals surface area contributed by atoms with Gasteiger partial charge in [0, 0.05) is 23.8 Å². The SMILES string of the molecule is NC(=O)C1CCN(C(=O)Nc2cc(Cl)cc(C(=O)O)c2)C1. The summed E-state index contributed by atoms with van der Waals surface area (Å²) in [4.78, 5) is 35.5. The van der Waals surface area contributed by atoms with Gasteiger partial charge in [-0.05, 0) is 24.6 Å². The van der Waals surface area contributed by atoms with Crippen LogP contribution in [-0.2, 0) is 4.79 Å². The summed E-state index contributed by atoms with van der Waals surface area (Å²) >= 11 is 5.81. The van der Waals surface area contributed by atoms with E-state index in [1.807, 2.05) is 0 Å². The van der Waals surface area contributed by atoms with Crippen LogP contribution < -0.4 is 11.1 Å². The zero-order chi connectivity index (χ0) is 15.6. The number of hydrogen-bond donors (Lipinski definition) is 3. The molecule has 0 aromatic heterocycles. The van der Waals surface area contributed by atoms with Crippen LogP contribution in [0.25, 0.3) is 0 Å². The molecule has 0 saturated carbocycles. The van der Waals surface area contributed by atoms with E-state index in [0.717, 1.165) is 0 Å². The molecule has 1 aliphatic rings. The Kier molecular flexibility index (Phi) is 4.32. The second-order valence-corrected chi connectivity index (χ2v) is 5.23. The largest absolute Gasteiger partial charge is 0.478 e. The molecule has 2 rings (SSSR count). The Morgan fingerprint density at radius 2 is 2.05 bits per heavy atom. The van der Waals surface area contributed by atoms with Crippen molar-refractivity contribution in [3.63, 3.8) is 0 Å². The normalized spacial score (nSPS) is 17.6. The van der Waals surface area contributed by atoms with Gasteiger partial charge in [0.1, 0.15) is 0 Å². The van der Waals surface area contributed by atoms with E-state index in [1.54, 1.807) is 0 Å². The van der Waals surface area contributed by atoms with Crippen molar-refractivity contribution in [2.45, 2.75) is 6.42 Å². The summed E-state index contributed by atoms with van der Waals surface area (Å²) in [6.07, 6.45) is 0.526. The predicted octanol–water partition coefficient (Wildman–Crippen LogP) is 1.38. The highest BCUT2D eigenvalue weighted by molar-refractivity contribution is 6.31. The van der Waals surface area contributed by atoms with Crippen LogP contribution in [0.4, 0.5) is 10.5 Å². The van der Waals surface area contributed by atoms with Crippen LogP contribution in [-0.4, -0.2) is 41.0 Å². The zero-order valence-corrected chi connectivity index (χ0v) is 11.8. The Bertz CT molecular complexity index is 605. The monoisotopic (exact) mass is 311 g/mol. The van der Waals surface area contributed by atoms with E-state index in [2.05, 4.69) is 5.32 Å². The zero-order valence-electron chi connectivity index (χ0n) is 11.0. The number of benzene rings is 1. The number of primary amides is 1. The van der Waals surface area contributed by atoms with E-state index in [-0.39, 0.29) is 28.7 Å². The van der Waals surface area contributed by atoms with Gasteiger partial charge in [0.05, 0.1) is 11.5 Å². The van der Waals surface area contributed by atoms with Gasteiger partial charge in [0.15, 0.2) is 0 Å². The number of anilines is 1. The van der Waals surface area contributed by atoms with E-state index in [0.29, 0.717) is 13.0 Å². The highest BCUT2D eigenvalue weighted by Crippen LogP contribution is 2.21. The van der Waals surface area contributed by atoms with E-state index in [4.69, 9.17) is 22.4 Å². The first-order valence-corrected chi connectivity index (χ1v) is 6.63. The number of nitrogens with zero attached hydrogens (tertiary/aromatic N) is 1.